The standard InChI is InChI=1S/C21H23NO4S/c1-3-16-7-9-17(10-8-16)19(23)12-26-21(25)14-27-13-20(24)22-18-6-4-5-15(2)11-18/h4-11H,3,12-14H2,1-2H3,(H,22,24). The number of hydrogen-bond acceptors (Lipinski definition) is 5. The van der Waals surface area contributed by atoms with E-state index in [0.29, 0.717) is 5.56 Å². The fourth-order valence-electron chi connectivity index (χ4n) is 2.34. The van der Waals surface area contributed by atoms with Gasteiger partial charge in [-0.2, -0.15) is 0 Å². The number of amides is 1. The predicted molar refractivity (Wildman–Crippen MR) is 108 cm³/mol. The van der Waals surface area contributed by atoms with Crippen LogP contribution in [0.4, 0.5) is 5.69 Å². The van der Waals surface area contributed by atoms with E-state index >= 15 is 0 Å². The van der Waals surface area contributed by atoms with Crippen molar-refractivity contribution >= 4 is 35.1 Å². The second kappa shape index (κ2) is 10.5. The molecule has 1 N–H and O–H groups in total. The first-order valence-corrected chi connectivity index (χ1v) is 9.85. The molecule has 0 bridgehead atoms. The summed E-state index contributed by atoms with van der Waals surface area (Å²) >= 11 is 1.15. The molecule has 0 aliphatic rings. The Morgan fingerprint density at radius 1 is 1.04 bits per heavy atom. The Labute approximate surface area is 163 Å². The molecule has 5 nitrogen and oxygen atoms in total. The minimum absolute atomic E-state index is 0.0172. The van der Waals surface area contributed by atoms with Crippen molar-refractivity contribution in [1.29, 1.82) is 0 Å². The van der Waals surface area contributed by atoms with Crippen molar-refractivity contribution in [3.63, 3.8) is 0 Å². The van der Waals surface area contributed by atoms with Gasteiger partial charge in [0.25, 0.3) is 0 Å². The van der Waals surface area contributed by atoms with Gasteiger partial charge >= 0.3 is 5.97 Å². The molecule has 0 unspecified atom stereocenters. The second-order valence-corrected chi connectivity index (χ2v) is 7.03. The first-order valence-electron chi connectivity index (χ1n) is 8.70. The Bertz CT molecular complexity index is 802. The van der Waals surface area contributed by atoms with E-state index in [0.717, 1.165) is 35.0 Å². The number of Topliss-reactive ketones (excluding diaryl/α,β-unsaturated/α-hetero) is 1. The van der Waals surface area contributed by atoms with Crippen molar-refractivity contribution in [3.05, 3.63) is 65.2 Å². The Morgan fingerprint density at radius 3 is 2.44 bits per heavy atom. The fourth-order valence-corrected chi connectivity index (χ4v) is 2.95. The molecule has 0 saturated carbocycles. The molecule has 2 aromatic carbocycles. The molecule has 6 heteroatoms. The summed E-state index contributed by atoms with van der Waals surface area (Å²) in [5.41, 5.74) is 3.44. The van der Waals surface area contributed by atoms with Crippen LogP contribution < -0.4 is 5.32 Å². The van der Waals surface area contributed by atoms with Crippen molar-refractivity contribution in [2.45, 2.75) is 20.3 Å². The van der Waals surface area contributed by atoms with Crippen LogP contribution in [-0.2, 0) is 20.7 Å². The van der Waals surface area contributed by atoms with Crippen LogP contribution in [-0.4, -0.2) is 35.8 Å². The number of benzene rings is 2. The highest BCUT2D eigenvalue weighted by Gasteiger charge is 2.11. The highest BCUT2D eigenvalue weighted by Crippen LogP contribution is 2.11. The zero-order chi connectivity index (χ0) is 19.6. The SMILES string of the molecule is CCc1ccc(C(=O)COC(=O)CSCC(=O)Nc2cccc(C)c2)cc1. The van der Waals surface area contributed by atoms with Crippen LogP contribution in [0.3, 0.4) is 0 Å². The Kier molecular flexibility index (Phi) is 8.07. The van der Waals surface area contributed by atoms with Gasteiger partial charge in [-0.1, -0.05) is 43.3 Å². The lowest BCUT2D eigenvalue weighted by atomic mass is 10.1. The van der Waals surface area contributed by atoms with Gasteiger partial charge in [0, 0.05) is 11.3 Å². The third-order valence-electron chi connectivity index (χ3n) is 3.80. The first kappa shape index (κ1) is 20.7. The maximum atomic E-state index is 12.0. The Morgan fingerprint density at radius 2 is 1.78 bits per heavy atom. The molecule has 142 valence electrons. The van der Waals surface area contributed by atoms with Crippen LogP contribution in [0, 0.1) is 6.92 Å². The number of thioether (sulfide) groups is 1. The molecule has 1 amide bonds. The van der Waals surface area contributed by atoms with Gasteiger partial charge in [-0.25, -0.2) is 0 Å². The zero-order valence-corrected chi connectivity index (χ0v) is 16.3. The molecule has 0 spiro atoms. The summed E-state index contributed by atoms with van der Waals surface area (Å²) in [4.78, 5) is 35.6. The third-order valence-corrected chi connectivity index (χ3v) is 4.71. The molecule has 0 atom stereocenters. The molecule has 0 saturated heterocycles. The number of anilines is 1. The lowest BCUT2D eigenvalue weighted by Crippen LogP contribution is -2.18. The van der Waals surface area contributed by atoms with Crippen LogP contribution in [0.1, 0.15) is 28.4 Å². The molecule has 0 fully saturated rings. The summed E-state index contributed by atoms with van der Waals surface area (Å²) < 4.78 is 4.99. The predicted octanol–water partition coefficient (Wildman–Crippen LogP) is 3.66. The van der Waals surface area contributed by atoms with E-state index < -0.39 is 5.97 Å². The van der Waals surface area contributed by atoms with Crippen molar-refractivity contribution in [2.75, 3.05) is 23.4 Å². The van der Waals surface area contributed by atoms with Gasteiger partial charge in [-0.15, -0.1) is 11.8 Å². The van der Waals surface area contributed by atoms with E-state index in [4.69, 9.17) is 4.74 Å². The molecule has 0 heterocycles. The highest BCUT2D eigenvalue weighted by molar-refractivity contribution is 8.00. The minimum atomic E-state index is -0.512. The molecule has 27 heavy (non-hydrogen) atoms. The summed E-state index contributed by atoms with van der Waals surface area (Å²) in [5.74, 6) is -0.792. The quantitative estimate of drug-likeness (QED) is 0.527. The number of hydrogen-bond donors (Lipinski definition) is 1. The van der Waals surface area contributed by atoms with Crippen molar-refractivity contribution in [3.8, 4) is 0 Å². The highest BCUT2D eigenvalue weighted by atomic mass is 32.2. The van der Waals surface area contributed by atoms with Gasteiger partial charge in [-0.3, -0.25) is 14.4 Å². The summed E-state index contributed by atoms with van der Waals surface area (Å²) in [6, 6.07) is 14.7. The Balaban J connectivity index is 1.66. The molecular weight excluding hydrogens is 362 g/mol. The van der Waals surface area contributed by atoms with Gasteiger partial charge in [0.1, 0.15) is 0 Å². The molecule has 0 aliphatic carbocycles. The molecule has 0 aliphatic heterocycles. The largest absolute Gasteiger partial charge is 0.457 e. The first-order chi connectivity index (χ1) is 13.0. The summed E-state index contributed by atoms with van der Waals surface area (Å²) in [6.07, 6.45) is 0.901. The van der Waals surface area contributed by atoms with E-state index in [9.17, 15) is 14.4 Å². The van der Waals surface area contributed by atoms with Crippen molar-refractivity contribution in [1.82, 2.24) is 0 Å². The minimum Gasteiger partial charge on any atom is -0.457 e. The van der Waals surface area contributed by atoms with Crippen molar-refractivity contribution in [2.24, 2.45) is 0 Å². The van der Waals surface area contributed by atoms with E-state index in [1.54, 1.807) is 12.1 Å². The van der Waals surface area contributed by atoms with Gasteiger partial charge in [0.05, 0.1) is 11.5 Å². The monoisotopic (exact) mass is 385 g/mol. The van der Waals surface area contributed by atoms with E-state index in [1.807, 2.05) is 50.2 Å². The maximum Gasteiger partial charge on any atom is 0.316 e. The summed E-state index contributed by atoms with van der Waals surface area (Å²) in [6.45, 7) is 3.69. The third kappa shape index (κ3) is 7.27. The van der Waals surface area contributed by atoms with E-state index in [1.165, 1.54) is 0 Å². The Hall–Kier alpha value is -2.60. The number of carbonyl (C=O) groups excluding carboxylic acids is 3. The van der Waals surface area contributed by atoms with Gasteiger partial charge in [-0.05, 0) is 36.6 Å². The summed E-state index contributed by atoms with van der Waals surface area (Å²) in [5, 5.41) is 2.77. The average Bonchev–Trinajstić information content (AvgIpc) is 2.66. The number of rotatable bonds is 9. The number of aryl methyl sites for hydroxylation is 2. The lowest BCUT2D eigenvalue weighted by molar-refractivity contribution is -0.139. The fraction of sp³-hybridized carbons (Fsp3) is 0.286. The van der Waals surface area contributed by atoms with Gasteiger partial charge < -0.3 is 10.1 Å². The van der Waals surface area contributed by atoms with Crippen LogP contribution in [0.15, 0.2) is 48.5 Å². The maximum absolute atomic E-state index is 12.0. The lowest BCUT2D eigenvalue weighted by Gasteiger charge is -2.07. The molecular formula is C21H23NO4S. The van der Waals surface area contributed by atoms with Crippen LogP contribution >= 0.6 is 11.8 Å². The summed E-state index contributed by atoms with van der Waals surface area (Å²) in [7, 11) is 0. The number of ketones is 1. The molecule has 0 aromatic heterocycles. The normalized spacial score (nSPS) is 10.3. The van der Waals surface area contributed by atoms with Crippen LogP contribution in [0.25, 0.3) is 0 Å². The number of ether oxygens (including phenoxy) is 1. The zero-order valence-electron chi connectivity index (χ0n) is 15.5. The van der Waals surface area contributed by atoms with Crippen molar-refractivity contribution < 1.29 is 19.1 Å². The topological polar surface area (TPSA) is 72.5 Å². The van der Waals surface area contributed by atoms with Gasteiger partial charge in [0.15, 0.2) is 12.4 Å². The number of nitrogens with one attached hydrogen (secondary N) is 1. The molecule has 0 radical (unpaired) electrons. The molecule has 2 rings (SSSR count). The average molecular weight is 385 g/mol. The van der Waals surface area contributed by atoms with Gasteiger partial charge in [0.2, 0.25) is 5.91 Å². The molecule has 2 aromatic rings. The smallest absolute Gasteiger partial charge is 0.316 e. The van der Waals surface area contributed by atoms with E-state index in [-0.39, 0.29) is 29.8 Å². The second-order valence-electron chi connectivity index (χ2n) is 6.04. The van der Waals surface area contributed by atoms with Crippen LogP contribution in [0.5, 0.6) is 0 Å². The van der Waals surface area contributed by atoms with E-state index in [2.05, 4.69) is 5.32 Å². The number of carbonyl (C=O) groups is 3. The van der Waals surface area contributed by atoms with Crippen LogP contribution in [0.2, 0.25) is 0 Å². The number of esters is 1.